The summed E-state index contributed by atoms with van der Waals surface area (Å²) in [6.45, 7) is 7.95. The van der Waals surface area contributed by atoms with Gasteiger partial charge in [0, 0.05) is 12.5 Å². The minimum Gasteiger partial charge on any atom is -0.349 e. The number of para-hydroxylation sites is 2. The number of hydrogen-bond acceptors (Lipinski definition) is 2. The maximum atomic E-state index is 12.5. The van der Waals surface area contributed by atoms with Crippen molar-refractivity contribution in [2.75, 3.05) is 0 Å². The Morgan fingerprint density at radius 2 is 1.32 bits per heavy atom. The zero-order valence-corrected chi connectivity index (χ0v) is 22.4. The maximum Gasteiger partial charge on any atom is 0.223 e. The van der Waals surface area contributed by atoms with Gasteiger partial charge in [-0.1, -0.05) is 116 Å². The molecule has 0 aliphatic carbocycles. The number of aryl methyl sites for hydroxylation is 1. The van der Waals surface area contributed by atoms with Gasteiger partial charge in [-0.15, -0.1) is 0 Å². The van der Waals surface area contributed by atoms with Crippen molar-refractivity contribution in [2.45, 2.75) is 137 Å². The Bertz CT molecular complexity index is 793. The molecule has 4 heteroatoms. The van der Waals surface area contributed by atoms with Gasteiger partial charge < -0.3 is 9.88 Å². The largest absolute Gasteiger partial charge is 0.349 e. The number of amides is 1. The molecule has 0 unspecified atom stereocenters. The second-order valence-corrected chi connectivity index (χ2v) is 10.00. The zero-order valence-electron chi connectivity index (χ0n) is 22.4. The van der Waals surface area contributed by atoms with Gasteiger partial charge in [0.05, 0.1) is 17.6 Å². The van der Waals surface area contributed by atoms with Crippen molar-refractivity contribution in [1.82, 2.24) is 14.9 Å². The lowest BCUT2D eigenvalue weighted by Crippen LogP contribution is -2.30. The molecule has 0 aliphatic heterocycles. The molecule has 4 nitrogen and oxygen atoms in total. The van der Waals surface area contributed by atoms with E-state index in [-0.39, 0.29) is 11.8 Å². The molecule has 1 heterocycles. The van der Waals surface area contributed by atoms with E-state index in [9.17, 15) is 4.79 Å². The normalized spacial score (nSPS) is 11.5. The number of imidazole rings is 1. The van der Waals surface area contributed by atoms with Gasteiger partial charge in [0.25, 0.3) is 0 Å². The van der Waals surface area contributed by atoms with Crippen molar-refractivity contribution in [3.8, 4) is 0 Å². The highest BCUT2D eigenvalue weighted by Gasteiger charge is 2.16. The molecule has 0 aliphatic rings. The number of nitrogens with zero attached hydrogens (tertiary/aromatic N) is 2. The number of rotatable bonds is 20. The first-order valence-electron chi connectivity index (χ1n) is 14.4. The fourth-order valence-corrected chi connectivity index (χ4v) is 4.94. The number of benzene rings is 1. The molecule has 1 N–H and O–H groups in total. The first kappa shape index (κ1) is 28.4. The molecule has 34 heavy (non-hydrogen) atoms. The lowest BCUT2D eigenvalue weighted by atomic mass is 10.0. The number of carbonyl (C=O) groups excluding carboxylic acids is 1. The van der Waals surface area contributed by atoms with E-state index in [4.69, 9.17) is 4.98 Å². The highest BCUT2D eigenvalue weighted by molar-refractivity contribution is 5.79. The molecule has 1 aromatic carbocycles. The van der Waals surface area contributed by atoms with Crippen molar-refractivity contribution in [3.05, 3.63) is 30.1 Å². The van der Waals surface area contributed by atoms with Crippen molar-refractivity contribution < 1.29 is 4.79 Å². The highest BCUT2D eigenvalue weighted by Crippen LogP contribution is 2.19. The van der Waals surface area contributed by atoms with Crippen LogP contribution in [0.1, 0.15) is 129 Å². The quantitative estimate of drug-likeness (QED) is 0.197. The molecule has 0 atom stereocenters. The topological polar surface area (TPSA) is 46.9 Å². The van der Waals surface area contributed by atoms with Crippen LogP contribution in [0.3, 0.4) is 0 Å². The molecule has 0 radical (unpaired) electrons. The summed E-state index contributed by atoms with van der Waals surface area (Å²) in [5.41, 5.74) is 2.21. The molecule has 0 fully saturated rings. The summed E-state index contributed by atoms with van der Waals surface area (Å²) < 4.78 is 2.32. The van der Waals surface area contributed by atoms with Crippen LogP contribution in [0.2, 0.25) is 0 Å². The third kappa shape index (κ3) is 10.2. The molecule has 2 aromatic rings. The third-order valence-corrected chi connectivity index (χ3v) is 7.25. The highest BCUT2D eigenvalue weighted by atomic mass is 16.1. The first-order chi connectivity index (χ1) is 16.7. The summed E-state index contributed by atoms with van der Waals surface area (Å²) in [7, 11) is 0. The second kappa shape index (κ2) is 17.6. The van der Waals surface area contributed by atoms with Crippen LogP contribution in [-0.2, 0) is 17.9 Å². The number of carbonyl (C=O) groups is 1. The molecule has 1 amide bonds. The van der Waals surface area contributed by atoms with E-state index in [0.29, 0.717) is 6.54 Å². The van der Waals surface area contributed by atoms with Crippen molar-refractivity contribution in [1.29, 1.82) is 0 Å². The van der Waals surface area contributed by atoms with Crippen LogP contribution in [0.25, 0.3) is 11.0 Å². The Balaban J connectivity index is 1.66. The molecular formula is C30H51N3O. The van der Waals surface area contributed by atoms with E-state index in [0.717, 1.165) is 30.7 Å². The SMILES string of the molecule is CCCCCCCCCCCCCCCCn1c(CNC(=O)C(CC)CC)nc2ccccc21. The van der Waals surface area contributed by atoms with Crippen molar-refractivity contribution in [3.63, 3.8) is 0 Å². The number of aromatic nitrogens is 2. The standard InChI is InChI=1S/C30H51N3O/c1-4-7-8-9-10-11-12-13-14-15-16-17-18-21-24-33-28-23-20-19-22-27(28)32-29(33)25-31-30(34)26(5-2)6-3/h19-20,22-23,26H,4-18,21,24-25H2,1-3H3,(H,31,34). The fourth-order valence-electron chi connectivity index (χ4n) is 4.94. The summed E-state index contributed by atoms with van der Waals surface area (Å²) in [6.07, 6.45) is 21.0. The lowest BCUT2D eigenvalue weighted by molar-refractivity contribution is -0.125. The average molecular weight is 470 g/mol. The fraction of sp³-hybridized carbons (Fsp3) is 0.733. The Labute approximate surface area is 209 Å². The zero-order chi connectivity index (χ0) is 24.4. The summed E-state index contributed by atoms with van der Waals surface area (Å²) in [4.78, 5) is 17.3. The van der Waals surface area contributed by atoms with E-state index in [2.05, 4.69) is 48.9 Å². The molecule has 0 saturated carbocycles. The van der Waals surface area contributed by atoms with Crippen molar-refractivity contribution >= 4 is 16.9 Å². The van der Waals surface area contributed by atoms with Crippen molar-refractivity contribution in [2.24, 2.45) is 5.92 Å². The van der Waals surface area contributed by atoms with Gasteiger partial charge in [-0.3, -0.25) is 4.79 Å². The summed E-state index contributed by atoms with van der Waals surface area (Å²) in [6, 6.07) is 8.35. The second-order valence-electron chi connectivity index (χ2n) is 10.00. The van der Waals surface area contributed by atoms with Gasteiger partial charge in [-0.2, -0.15) is 0 Å². The van der Waals surface area contributed by atoms with Gasteiger partial charge >= 0.3 is 0 Å². The minimum absolute atomic E-state index is 0.101. The molecule has 0 saturated heterocycles. The van der Waals surface area contributed by atoms with Gasteiger partial charge in [-0.05, 0) is 31.4 Å². The molecule has 0 spiro atoms. The van der Waals surface area contributed by atoms with Crippen LogP contribution in [0.4, 0.5) is 0 Å². The first-order valence-corrected chi connectivity index (χ1v) is 14.4. The monoisotopic (exact) mass is 469 g/mol. The Morgan fingerprint density at radius 3 is 1.88 bits per heavy atom. The van der Waals surface area contributed by atoms with Gasteiger partial charge in [-0.25, -0.2) is 4.98 Å². The molecule has 1 aromatic heterocycles. The van der Waals surface area contributed by atoms with Crippen LogP contribution in [0.15, 0.2) is 24.3 Å². The third-order valence-electron chi connectivity index (χ3n) is 7.25. The number of fused-ring (bicyclic) bond motifs is 1. The molecule has 192 valence electrons. The summed E-state index contributed by atoms with van der Waals surface area (Å²) in [5, 5.41) is 3.13. The maximum absolute atomic E-state index is 12.5. The average Bonchev–Trinajstić information content (AvgIpc) is 3.21. The molecule has 2 rings (SSSR count). The van der Waals surface area contributed by atoms with E-state index in [1.807, 2.05) is 6.07 Å². The van der Waals surface area contributed by atoms with Crippen LogP contribution in [0.5, 0.6) is 0 Å². The van der Waals surface area contributed by atoms with Gasteiger partial charge in [0.15, 0.2) is 0 Å². The predicted molar refractivity (Wildman–Crippen MR) is 146 cm³/mol. The van der Waals surface area contributed by atoms with E-state index in [1.165, 1.54) is 95.4 Å². The smallest absolute Gasteiger partial charge is 0.223 e. The van der Waals surface area contributed by atoms with Crippen LogP contribution in [0, 0.1) is 5.92 Å². The summed E-state index contributed by atoms with van der Waals surface area (Å²) >= 11 is 0. The minimum atomic E-state index is 0.101. The van der Waals surface area contributed by atoms with Gasteiger partial charge in [0.1, 0.15) is 5.82 Å². The number of hydrogen-bond donors (Lipinski definition) is 1. The van der Waals surface area contributed by atoms with Crippen LogP contribution in [-0.4, -0.2) is 15.5 Å². The Hall–Kier alpha value is -1.84. The van der Waals surface area contributed by atoms with E-state index in [1.54, 1.807) is 0 Å². The lowest BCUT2D eigenvalue weighted by Gasteiger charge is -2.14. The van der Waals surface area contributed by atoms with E-state index < -0.39 is 0 Å². The van der Waals surface area contributed by atoms with E-state index >= 15 is 0 Å². The van der Waals surface area contributed by atoms with Crippen LogP contribution < -0.4 is 5.32 Å². The predicted octanol–water partition coefficient (Wildman–Crippen LogP) is 8.57. The molecular weight excluding hydrogens is 418 g/mol. The Morgan fingerprint density at radius 1 is 0.794 bits per heavy atom. The van der Waals surface area contributed by atoms with Gasteiger partial charge in [0.2, 0.25) is 5.91 Å². The van der Waals surface area contributed by atoms with Crippen LogP contribution >= 0.6 is 0 Å². The molecule has 0 bridgehead atoms. The summed E-state index contributed by atoms with van der Waals surface area (Å²) in [5.74, 6) is 1.24. The Kier molecular flexibility index (Phi) is 14.7. The number of unbranched alkanes of at least 4 members (excludes halogenated alkanes) is 13. The number of nitrogens with one attached hydrogen (secondary N) is 1.